The lowest BCUT2D eigenvalue weighted by molar-refractivity contribution is -0.131. The van der Waals surface area contributed by atoms with Crippen molar-refractivity contribution < 1.29 is 4.79 Å². The smallest absolute Gasteiger partial charge is 0.242 e. The first-order valence-corrected chi connectivity index (χ1v) is 9.95. The van der Waals surface area contributed by atoms with Crippen molar-refractivity contribution in [1.82, 2.24) is 24.9 Å². The average molecular weight is 512 g/mol. The third-order valence-electron chi connectivity index (χ3n) is 4.55. The Labute approximate surface area is 191 Å². The molecule has 29 heavy (non-hydrogen) atoms. The second kappa shape index (κ2) is 13.2. The highest BCUT2D eigenvalue weighted by atomic mass is 127. The Bertz CT molecular complexity index is 741. The van der Waals surface area contributed by atoms with Crippen molar-refractivity contribution >= 4 is 35.8 Å². The van der Waals surface area contributed by atoms with Gasteiger partial charge in [-0.2, -0.15) is 5.10 Å². The zero-order valence-electron chi connectivity index (χ0n) is 17.8. The van der Waals surface area contributed by atoms with Gasteiger partial charge in [0, 0.05) is 45.6 Å². The monoisotopic (exact) mass is 512 g/mol. The first-order chi connectivity index (χ1) is 13.6. The molecule has 7 nitrogen and oxygen atoms in total. The number of carbonyl (C=O) groups is 1. The van der Waals surface area contributed by atoms with E-state index in [0.717, 1.165) is 37.7 Å². The lowest BCUT2D eigenvalue weighted by Crippen LogP contribution is -2.45. The molecule has 0 spiro atoms. The van der Waals surface area contributed by atoms with Crippen LogP contribution in [0, 0.1) is 0 Å². The number of aromatic nitrogens is 2. The van der Waals surface area contributed by atoms with Crippen molar-refractivity contribution in [2.24, 2.45) is 4.99 Å². The largest absolute Gasteiger partial charge is 0.357 e. The molecular weight excluding hydrogens is 479 g/mol. The van der Waals surface area contributed by atoms with Crippen LogP contribution in [0.4, 0.5) is 0 Å². The van der Waals surface area contributed by atoms with Gasteiger partial charge in [-0.1, -0.05) is 12.1 Å². The van der Waals surface area contributed by atoms with E-state index in [-0.39, 0.29) is 29.9 Å². The second-order valence-electron chi connectivity index (χ2n) is 6.52. The van der Waals surface area contributed by atoms with E-state index >= 15 is 0 Å². The maximum atomic E-state index is 12.3. The van der Waals surface area contributed by atoms with E-state index in [1.54, 1.807) is 6.20 Å². The maximum absolute atomic E-state index is 12.3. The molecule has 0 fully saturated rings. The SMILES string of the molecule is CCNC(=NCCc1ccc(-n2cccn2)cc1)N(C)CC(=O)N(CC)CC.I. The molecule has 2 aromatic rings. The number of amides is 1. The van der Waals surface area contributed by atoms with Crippen molar-refractivity contribution in [3.8, 4) is 5.69 Å². The number of guanidine groups is 1. The number of hydrogen-bond donors (Lipinski definition) is 1. The summed E-state index contributed by atoms with van der Waals surface area (Å²) in [5, 5.41) is 7.51. The van der Waals surface area contributed by atoms with Gasteiger partial charge < -0.3 is 15.1 Å². The second-order valence-corrected chi connectivity index (χ2v) is 6.52. The molecule has 1 amide bonds. The molecule has 0 saturated heterocycles. The highest BCUT2D eigenvalue weighted by Gasteiger charge is 2.14. The summed E-state index contributed by atoms with van der Waals surface area (Å²) in [6, 6.07) is 10.2. The molecule has 1 aromatic heterocycles. The van der Waals surface area contributed by atoms with Gasteiger partial charge in [-0.3, -0.25) is 9.79 Å². The fourth-order valence-electron chi connectivity index (χ4n) is 2.95. The number of rotatable bonds is 9. The van der Waals surface area contributed by atoms with Gasteiger partial charge in [-0.25, -0.2) is 4.68 Å². The van der Waals surface area contributed by atoms with Gasteiger partial charge in [0.25, 0.3) is 0 Å². The summed E-state index contributed by atoms with van der Waals surface area (Å²) in [5.74, 6) is 0.878. The van der Waals surface area contributed by atoms with Gasteiger partial charge >= 0.3 is 0 Å². The molecule has 0 aliphatic rings. The van der Waals surface area contributed by atoms with Gasteiger partial charge in [0.05, 0.1) is 12.2 Å². The van der Waals surface area contributed by atoms with Crippen molar-refractivity contribution in [2.45, 2.75) is 27.2 Å². The quantitative estimate of drug-likeness (QED) is 0.319. The van der Waals surface area contributed by atoms with Gasteiger partial charge in [0.15, 0.2) is 5.96 Å². The molecular formula is C21H33IN6O. The highest BCUT2D eigenvalue weighted by molar-refractivity contribution is 14.0. The normalized spacial score (nSPS) is 11.0. The molecule has 160 valence electrons. The number of hydrogen-bond acceptors (Lipinski definition) is 3. The first kappa shape index (κ1) is 24.9. The average Bonchev–Trinajstić information content (AvgIpc) is 3.23. The molecule has 1 heterocycles. The van der Waals surface area contributed by atoms with E-state index in [1.165, 1.54) is 5.56 Å². The molecule has 0 aliphatic carbocycles. The fourth-order valence-corrected chi connectivity index (χ4v) is 2.95. The van der Waals surface area contributed by atoms with E-state index < -0.39 is 0 Å². The molecule has 0 atom stereocenters. The standard InChI is InChI=1S/C21H32N6O.HI/c1-5-22-21(25(4)17-20(28)26(6-2)7-3)23-15-13-18-9-11-19(12-10-18)27-16-8-14-24-27;/h8-12,14,16H,5-7,13,15,17H2,1-4H3,(H,22,23);1H. The minimum absolute atomic E-state index is 0. The third-order valence-corrected chi connectivity index (χ3v) is 4.55. The predicted octanol–water partition coefficient (Wildman–Crippen LogP) is 2.80. The minimum atomic E-state index is 0. The van der Waals surface area contributed by atoms with E-state index in [4.69, 9.17) is 0 Å². The fraction of sp³-hybridized carbons (Fsp3) is 0.476. The number of nitrogens with one attached hydrogen (secondary N) is 1. The predicted molar refractivity (Wildman–Crippen MR) is 129 cm³/mol. The Morgan fingerprint density at radius 1 is 1.17 bits per heavy atom. The minimum Gasteiger partial charge on any atom is -0.357 e. The van der Waals surface area contributed by atoms with Gasteiger partial charge in [-0.15, -0.1) is 24.0 Å². The number of carbonyl (C=O) groups excluding carboxylic acids is 1. The molecule has 2 rings (SSSR count). The number of benzene rings is 1. The van der Waals surface area contributed by atoms with Crippen LogP contribution in [-0.4, -0.2) is 71.2 Å². The summed E-state index contributed by atoms with van der Waals surface area (Å²) < 4.78 is 1.84. The van der Waals surface area contributed by atoms with Crippen LogP contribution in [0.2, 0.25) is 0 Å². The van der Waals surface area contributed by atoms with Gasteiger partial charge in [-0.05, 0) is 51.0 Å². The number of halogens is 1. The van der Waals surface area contributed by atoms with Gasteiger partial charge in [0.1, 0.15) is 0 Å². The number of likely N-dealkylation sites (N-methyl/N-ethyl adjacent to an activating group) is 2. The summed E-state index contributed by atoms with van der Waals surface area (Å²) in [6.07, 6.45) is 4.54. The highest BCUT2D eigenvalue weighted by Crippen LogP contribution is 2.09. The van der Waals surface area contributed by atoms with Crippen LogP contribution in [0.1, 0.15) is 26.3 Å². The zero-order chi connectivity index (χ0) is 20.4. The van der Waals surface area contributed by atoms with E-state index in [1.807, 2.05) is 54.6 Å². The van der Waals surface area contributed by atoms with Crippen molar-refractivity contribution in [2.75, 3.05) is 39.8 Å². The van der Waals surface area contributed by atoms with Crippen LogP contribution in [0.5, 0.6) is 0 Å². The van der Waals surface area contributed by atoms with Gasteiger partial charge in [0.2, 0.25) is 5.91 Å². The van der Waals surface area contributed by atoms with Crippen molar-refractivity contribution in [1.29, 1.82) is 0 Å². The molecule has 0 aliphatic heterocycles. The summed E-state index contributed by atoms with van der Waals surface area (Å²) in [7, 11) is 1.90. The van der Waals surface area contributed by atoms with Crippen LogP contribution in [0.15, 0.2) is 47.7 Å². The van der Waals surface area contributed by atoms with Crippen LogP contribution < -0.4 is 5.32 Å². The third kappa shape index (κ3) is 7.68. The Morgan fingerprint density at radius 2 is 1.86 bits per heavy atom. The zero-order valence-corrected chi connectivity index (χ0v) is 20.2. The summed E-state index contributed by atoms with van der Waals surface area (Å²) in [5.41, 5.74) is 2.26. The Kier molecular flexibility index (Phi) is 11.3. The Balaban J connectivity index is 0.00000420. The molecule has 1 aromatic carbocycles. The van der Waals surface area contributed by atoms with E-state index in [9.17, 15) is 4.79 Å². The van der Waals surface area contributed by atoms with Crippen LogP contribution in [0.3, 0.4) is 0 Å². The van der Waals surface area contributed by atoms with Crippen molar-refractivity contribution in [3.63, 3.8) is 0 Å². The summed E-state index contributed by atoms with van der Waals surface area (Å²) >= 11 is 0. The van der Waals surface area contributed by atoms with Crippen LogP contribution >= 0.6 is 24.0 Å². The van der Waals surface area contributed by atoms with Crippen molar-refractivity contribution in [3.05, 3.63) is 48.3 Å². The van der Waals surface area contributed by atoms with E-state index in [0.29, 0.717) is 13.1 Å². The molecule has 1 N–H and O–H groups in total. The lowest BCUT2D eigenvalue weighted by Gasteiger charge is -2.25. The van der Waals surface area contributed by atoms with Crippen LogP contribution in [0.25, 0.3) is 5.69 Å². The van der Waals surface area contributed by atoms with Crippen LogP contribution in [-0.2, 0) is 11.2 Å². The summed E-state index contributed by atoms with van der Waals surface area (Å²) in [4.78, 5) is 20.8. The maximum Gasteiger partial charge on any atom is 0.242 e. The number of aliphatic imine (C=N–C) groups is 1. The molecule has 0 unspecified atom stereocenters. The topological polar surface area (TPSA) is 65.8 Å². The molecule has 0 radical (unpaired) electrons. The molecule has 0 bridgehead atoms. The first-order valence-electron chi connectivity index (χ1n) is 9.95. The molecule has 8 heteroatoms. The Morgan fingerprint density at radius 3 is 2.41 bits per heavy atom. The number of nitrogens with zero attached hydrogens (tertiary/aromatic N) is 5. The molecule has 0 saturated carbocycles. The Hall–Kier alpha value is -2.10. The summed E-state index contributed by atoms with van der Waals surface area (Å²) in [6.45, 7) is 9.23. The van der Waals surface area contributed by atoms with E-state index in [2.05, 4.69) is 39.7 Å². The lowest BCUT2D eigenvalue weighted by atomic mass is 10.1.